The van der Waals surface area contributed by atoms with Gasteiger partial charge in [0.25, 0.3) is 11.6 Å². The van der Waals surface area contributed by atoms with Crippen LogP contribution in [0, 0.1) is 15.9 Å². The normalized spacial score (nSPS) is 10.5. The quantitative estimate of drug-likeness (QED) is 0.482. The van der Waals surface area contributed by atoms with E-state index in [1.165, 1.54) is 34.4 Å². The molecule has 3 rings (SSSR count). The van der Waals surface area contributed by atoms with Gasteiger partial charge in [0.05, 0.1) is 16.3 Å². The van der Waals surface area contributed by atoms with Gasteiger partial charge >= 0.3 is 0 Å². The molecule has 5 nitrogen and oxygen atoms in total. The topological polar surface area (TPSA) is 63.4 Å². The third kappa shape index (κ3) is 3.78. The van der Waals surface area contributed by atoms with Gasteiger partial charge in [0, 0.05) is 23.6 Å². The lowest BCUT2D eigenvalue weighted by Crippen LogP contribution is -2.25. The second-order valence-electron chi connectivity index (χ2n) is 5.72. The number of benzene rings is 2. The van der Waals surface area contributed by atoms with Crippen LogP contribution in [0.5, 0.6) is 0 Å². The van der Waals surface area contributed by atoms with Gasteiger partial charge in [-0.05, 0) is 29.8 Å². The molecule has 132 valence electrons. The average Bonchev–Trinajstić information content (AvgIpc) is 3.12. The predicted molar refractivity (Wildman–Crippen MR) is 98.6 cm³/mol. The number of hydrogen-bond donors (Lipinski definition) is 0. The number of thiophene rings is 1. The van der Waals surface area contributed by atoms with Gasteiger partial charge in [-0.3, -0.25) is 14.9 Å². The third-order valence-corrected chi connectivity index (χ3v) is 5.01. The molecule has 0 spiro atoms. The highest BCUT2D eigenvalue weighted by Crippen LogP contribution is 2.29. The standard InChI is InChI=1S/C19H15FN2O3S/c1-21(12-14-4-2-3-5-16(14)22(24)25)19(23)18-11-10-17(26-18)13-6-8-15(20)9-7-13/h2-11H,12H2,1H3. The van der Waals surface area contributed by atoms with E-state index in [2.05, 4.69) is 0 Å². The fraction of sp³-hybridized carbons (Fsp3) is 0.105. The molecule has 0 aliphatic carbocycles. The molecule has 0 atom stereocenters. The molecular formula is C19H15FN2O3S. The van der Waals surface area contributed by atoms with Crippen LogP contribution in [0.4, 0.5) is 10.1 Å². The van der Waals surface area contributed by atoms with Gasteiger partial charge in [0.15, 0.2) is 0 Å². The first kappa shape index (κ1) is 17.8. The van der Waals surface area contributed by atoms with Crippen molar-refractivity contribution < 1.29 is 14.1 Å². The Balaban J connectivity index is 1.77. The van der Waals surface area contributed by atoms with Crippen LogP contribution in [0.1, 0.15) is 15.2 Å². The van der Waals surface area contributed by atoms with Crippen molar-refractivity contribution >= 4 is 22.9 Å². The highest BCUT2D eigenvalue weighted by molar-refractivity contribution is 7.17. The van der Waals surface area contributed by atoms with Crippen LogP contribution < -0.4 is 0 Å². The number of nitro benzene ring substituents is 1. The summed E-state index contributed by atoms with van der Waals surface area (Å²) in [5.74, 6) is -0.535. The third-order valence-electron chi connectivity index (χ3n) is 3.89. The number of nitrogens with zero attached hydrogens (tertiary/aromatic N) is 2. The first-order valence-corrected chi connectivity index (χ1v) is 8.61. The largest absolute Gasteiger partial charge is 0.336 e. The summed E-state index contributed by atoms with van der Waals surface area (Å²) in [6.45, 7) is 0.139. The number of halogens is 1. The van der Waals surface area contributed by atoms with Gasteiger partial charge in [-0.2, -0.15) is 0 Å². The Morgan fingerprint density at radius 2 is 1.81 bits per heavy atom. The van der Waals surface area contributed by atoms with Crippen LogP contribution in [-0.4, -0.2) is 22.8 Å². The minimum absolute atomic E-state index is 0.00895. The van der Waals surface area contributed by atoms with Crippen molar-refractivity contribution in [3.63, 3.8) is 0 Å². The summed E-state index contributed by atoms with van der Waals surface area (Å²) < 4.78 is 13.0. The fourth-order valence-electron chi connectivity index (χ4n) is 2.56. The van der Waals surface area contributed by atoms with Crippen molar-refractivity contribution in [3.05, 3.63) is 87.0 Å². The lowest BCUT2D eigenvalue weighted by Gasteiger charge is -2.16. The molecule has 0 aliphatic rings. The molecule has 1 aromatic heterocycles. The van der Waals surface area contributed by atoms with E-state index in [1.807, 2.05) is 6.07 Å². The van der Waals surface area contributed by atoms with Crippen LogP contribution >= 0.6 is 11.3 Å². The second kappa shape index (κ2) is 7.45. The summed E-state index contributed by atoms with van der Waals surface area (Å²) in [6, 6.07) is 15.9. The smallest absolute Gasteiger partial charge is 0.274 e. The van der Waals surface area contributed by atoms with Crippen molar-refractivity contribution in [2.75, 3.05) is 7.05 Å². The molecule has 0 radical (unpaired) electrons. The molecule has 26 heavy (non-hydrogen) atoms. The maximum atomic E-state index is 13.0. The van der Waals surface area contributed by atoms with Crippen LogP contribution in [0.25, 0.3) is 10.4 Å². The van der Waals surface area contributed by atoms with Crippen molar-refractivity contribution in [1.82, 2.24) is 4.90 Å². The Morgan fingerprint density at radius 3 is 2.50 bits per heavy atom. The Labute approximate surface area is 153 Å². The van der Waals surface area contributed by atoms with Crippen LogP contribution in [0.15, 0.2) is 60.7 Å². The Bertz CT molecular complexity index is 953. The van der Waals surface area contributed by atoms with Gasteiger partial charge < -0.3 is 4.90 Å². The zero-order chi connectivity index (χ0) is 18.7. The predicted octanol–water partition coefficient (Wildman–Crippen LogP) is 4.73. The van der Waals surface area contributed by atoms with E-state index in [1.54, 1.807) is 43.4 Å². The van der Waals surface area contributed by atoms with E-state index in [0.29, 0.717) is 10.4 Å². The maximum Gasteiger partial charge on any atom is 0.274 e. The molecule has 0 unspecified atom stereocenters. The Morgan fingerprint density at radius 1 is 1.12 bits per heavy atom. The number of carbonyl (C=O) groups is 1. The molecule has 1 amide bonds. The summed E-state index contributed by atoms with van der Waals surface area (Å²) in [6.07, 6.45) is 0. The molecule has 3 aromatic rings. The second-order valence-corrected chi connectivity index (χ2v) is 6.80. The number of nitro groups is 1. The zero-order valence-corrected chi connectivity index (χ0v) is 14.7. The highest BCUT2D eigenvalue weighted by atomic mass is 32.1. The molecule has 2 aromatic carbocycles. The van der Waals surface area contributed by atoms with E-state index in [4.69, 9.17) is 0 Å². The Hall–Kier alpha value is -3.06. The summed E-state index contributed by atoms with van der Waals surface area (Å²) >= 11 is 1.30. The summed E-state index contributed by atoms with van der Waals surface area (Å²) in [4.78, 5) is 26.1. The molecule has 1 heterocycles. The van der Waals surface area contributed by atoms with Crippen molar-refractivity contribution in [3.8, 4) is 10.4 Å². The van der Waals surface area contributed by atoms with E-state index in [0.717, 1.165) is 10.4 Å². The van der Waals surface area contributed by atoms with E-state index >= 15 is 0 Å². The maximum absolute atomic E-state index is 13.0. The average molecular weight is 370 g/mol. The SMILES string of the molecule is CN(Cc1ccccc1[N+](=O)[O-])C(=O)c1ccc(-c2ccc(F)cc2)s1. The van der Waals surface area contributed by atoms with Crippen LogP contribution in [0.3, 0.4) is 0 Å². The number of rotatable bonds is 5. The molecule has 0 N–H and O–H groups in total. The molecule has 7 heteroatoms. The van der Waals surface area contributed by atoms with Crippen molar-refractivity contribution in [1.29, 1.82) is 0 Å². The molecule has 0 aliphatic heterocycles. The first-order chi connectivity index (χ1) is 12.5. The summed E-state index contributed by atoms with van der Waals surface area (Å²) in [5, 5.41) is 11.1. The molecule has 0 fully saturated rings. The number of amides is 1. The van der Waals surface area contributed by atoms with E-state index in [9.17, 15) is 19.3 Å². The number of hydrogen-bond acceptors (Lipinski definition) is 4. The molecule has 0 saturated carbocycles. The zero-order valence-electron chi connectivity index (χ0n) is 13.9. The lowest BCUT2D eigenvalue weighted by molar-refractivity contribution is -0.385. The minimum atomic E-state index is -0.453. The number of carbonyl (C=O) groups excluding carboxylic acids is 1. The van der Waals surface area contributed by atoms with Crippen molar-refractivity contribution in [2.45, 2.75) is 6.54 Å². The van der Waals surface area contributed by atoms with Crippen LogP contribution in [-0.2, 0) is 6.54 Å². The highest BCUT2D eigenvalue weighted by Gasteiger charge is 2.19. The molecular weight excluding hydrogens is 355 g/mol. The van der Waals surface area contributed by atoms with Gasteiger partial charge in [-0.15, -0.1) is 11.3 Å². The van der Waals surface area contributed by atoms with Crippen molar-refractivity contribution in [2.24, 2.45) is 0 Å². The minimum Gasteiger partial charge on any atom is -0.336 e. The van der Waals surface area contributed by atoms with Gasteiger partial charge in [0.2, 0.25) is 0 Å². The fourth-order valence-corrected chi connectivity index (χ4v) is 3.57. The number of para-hydroxylation sites is 1. The molecule has 0 saturated heterocycles. The monoisotopic (exact) mass is 370 g/mol. The van der Waals surface area contributed by atoms with E-state index < -0.39 is 4.92 Å². The summed E-state index contributed by atoms with van der Waals surface area (Å²) in [5.41, 5.74) is 1.30. The Kier molecular flexibility index (Phi) is 5.09. The van der Waals surface area contributed by atoms with Gasteiger partial charge in [-0.25, -0.2) is 4.39 Å². The van der Waals surface area contributed by atoms with Gasteiger partial charge in [0.1, 0.15) is 5.82 Å². The first-order valence-electron chi connectivity index (χ1n) is 7.79. The summed E-state index contributed by atoms with van der Waals surface area (Å²) in [7, 11) is 1.61. The van der Waals surface area contributed by atoms with Gasteiger partial charge in [-0.1, -0.05) is 30.3 Å². The van der Waals surface area contributed by atoms with Crippen LogP contribution in [0.2, 0.25) is 0 Å². The molecule has 0 bridgehead atoms. The van der Waals surface area contributed by atoms with E-state index in [-0.39, 0.29) is 24.0 Å². The lowest BCUT2D eigenvalue weighted by atomic mass is 10.1.